The number of carbonyl (C=O) groups is 1. The Bertz CT molecular complexity index is 534. The molecule has 0 bridgehead atoms. The summed E-state index contributed by atoms with van der Waals surface area (Å²) in [5.41, 5.74) is 0.904. The zero-order valence-corrected chi connectivity index (χ0v) is 13.7. The van der Waals surface area contributed by atoms with Crippen molar-refractivity contribution in [3.63, 3.8) is 0 Å². The van der Waals surface area contributed by atoms with E-state index in [1.165, 1.54) is 0 Å². The third-order valence-corrected chi connectivity index (χ3v) is 5.67. The third-order valence-electron chi connectivity index (χ3n) is 2.83. The van der Waals surface area contributed by atoms with E-state index in [4.69, 9.17) is 4.52 Å². The first-order chi connectivity index (χ1) is 9.86. The van der Waals surface area contributed by atoms with Crippen molar-refractivity contribution in [3.05, 3.63) is 41.5 Å². The summed E-state index contributed by atoms with van der Waals surface area (Å²) in [7, 11) is -2.97. The Balaban J connectivity index is 3.03. The standard InChI is InChI=1S/C16H23O4P/c1-4-20-21(19,11-13(2)3)12-15(16(17)18)10-14-8-6-5-7-9-14/h5-10,13H,4,11-12H2,1-3H3,(H,17,18)/b15-10+. The highest BCUT2D eigenvalue weighted by Crippen LogP contribution is 2.50. The minimum atomic E-state index is -2.97. The highest BCUT2D eigenvalue weighted by molar-refractivity contribution is 7.59. The molecule has 1 aromatic carbocycles. The summed E-state index contributed by atoms with van der Waals surface area (Å²) in [5.74, 6) is -0.864. The van der Waals surface area contributed by atoms with E-state index >= 15 is 0 Å². The fraction of sp³-hybridized carbons (Fsp3) is 0.438. The van der Waals surface area contributed by atoms with Crippen LogP contribution in [-0.2, 0) is 13.9 Å². The van der Waals surface area contributed by atoms with Crippen molar-refractivity contribution in [2.75, 3.05) is 18.9 Å². The maximum absolute atomic E-state index is 12.8. The average molecular weight is 310 g/mol. The second kappa shape index (κ2) is 8.16. The van der Waals surface area contributed by atoms with Crippen molar-refractivity contribution in [1.82, 2.24) is 0 Å². The number of rotatable bonds is 8. The lowest BCUT2D eigenvalue weighted by Gasteiger charge is -2.20. The number of hydrogen-bond acceptors (Lipinski definition) is 3. The molecule has 21 heavy (non-hydrogen) atoms. The largest absolute Gasteiger partial charge is 0.478 e. The van der Waals surface area contributed by atoms with E-state index < -0.39 is 13.3 Å². The molecule has 116 valence electrons. The summed E-state index contributed by atoms with van der Waals surface area (Å²) in [6, 6.07) is 9.17. The minimum Gasteiger partial charge on any atom is -0.478 e. The van der Waals surface area contributed by atoms with E-state index in [-0.39, 0.29) is 17.7 Å². The maximum Gasteiger partial charge on any atom is 0.332 e. The number of carboxylic acids is 1. The van der Waals surface area contributed by atoms with E-state index in [1.807, 2.05) is 44.2 Å². The minimum absolute atomic E-state index is 0.0384. The molecule has 0 radical (unpaired) electrons. The van der Waals surface area contributed by atoms with E-state index in [0.29, 0.717) is 12.8 Å². The first-order valence-electron chi connectivity index (χ1n) is 7.08. The highest BCUT2D eigenvalue weighted by atomic mass is 31.2. The smallest absolute Gasteiger partial charge is 0.332 e. The molecule has 1 rings (SSSR count). The van der Waals surface area contributed by atoms with Crippen molar-refractivity contribution in [2.24, 2.45) is 5.92 Å². The van der Waals surface area contributed by atoms with Gasteiger partial charge in [-0.15, -0.1) is 0 Å². The fourth-order valence-electron chi connectivity index (χ4n) is 2.14. The lowest BCUT2D eigenvalue weighted by atomic mass is 10.1. The van der Waals surface area contributed by atoms with Crippen molar-refractivity contribution >= 4 is 19.4 Å². The zero-order valence-electron chi connectivity index (χ0n) is 12.8. The van der Waals surface area contributed by atoms with Crippen LogP contribution in [0.1, 0.15) is 26.3 Å². The predicted octanol–water partition coefficient (Wildman–Crippen LogP) is 4.13. The molecule has 5 heteroatoms. The Morgan fingerprint density at radius 2 is 1.95 bits per heavy atom. The van der Waals surface area contributed by atoms with Gasteiger partial charge in [0.15, 0.2) is 0 Å². The Hall–Kier alpha value is -1.38. The molecular formula is C16H23O4P. The number of carboxylic acid groups (broad SMARTS) is 1. The molecule has 4 nitrogen and oxygen atoms in total. The summed E-state index contributed by atoms with van der Waals surface area (Å²) < 4.78 is 18.2. The summed E-state index contributed by atoms with van der Waals surface area (Å²) in [6.07, 6.45) is 1.91. The van der Waals surface area contributed by atoms with Crippen LogP contribution < -0.4 is 0 Å². The van der Waals surface area contributed by atoms with Gasteiger partial charge in [0.25, 0.3) is 0 Å². The molecule has 0 amide bonds. The van der Waals surface area contributed by atoms with Crippen molar-refractivity contribution < 1.29 is 19.0 Å². The van der Waals surface area contributed by atoms with E-state index in [0.717, 1.165) is 5.56 Å². The van der Waals surface area contributed by atoms with Gasteiger partial charge < -0.3 is 9.63 Å². The Labute approximate surface area is 126 Å². The van der Waals surface area contributed by atoms with Crippen LogP contribution in [0.2, 0.25) is 0 Å². The zero-order chi connectivity index (χ0) is 15.9. The highest BCUT2D eigenvalue weighted by Gasteiger charge is 2.28. The molecule has 1 N–H and O–H groups in total. The van der Waals surface area contributed by atoms with Gasteiger partial charge in [-0.2, -0.15) is 0 Å². The maximum atomic E-state index is 12.8. The lowest BCUT2D eigenvalue weighted by Crippen LogP contribution is -2.11. The molecule has 0 saturated carbocycles. The van der Waals surface area contributed by atoms with Crippen LogP contribution >= 0.6 is 7.37 Å². The van der Waals surface area contributed by atoms with Gasteiger partial charge in [-0.05, 0) is 24.5 Å². The van der Waals surface area contributed by atoms with Crippen LogP contribution in [0, 0.1) is 5.92 Å². The Kier molecular flexibility index (Phi) is 6.86. The summed E-state index contributed by atoms with van der Waals surface area (Å²) in [6.45, 7) is 6.00. The molecule has 0 heterocycles. The molecule has 0 aliphatic heterocycles. The molecule has 1 unspecified atom stereocenters. The summed E-state index contributed by atoms with van der Waals surface area (Å²) in [5, 5.41) is 9.36. The van der Waals surface area contributed by atoms with Gasteiger partial charge in [0, 0.05) is 11.7 Å². The monoisotopic (exact) mass is 310 g/mol. The molecule has 0 spiro atoms. The molecule has 0 aliphatic carbocycles. The first kappa shape index (κ1) is 17.7. The van der Waals surface area contributed by atoms with Crippen molar-refractivity contribution in [3.8, 4) is 0 Å². The van der Waals surface area contributed by atoms with Crippen LogP contribution in [0.5, 0.6) is 0 Å². The van der Waals surface area contributed by atoms with Gasteiger partial charge in [0.1, 0.15) is 0 Å². The van der Waals surface area contributed by atoms with Crippen molar-refractivity contribution in [1.29, 1.82) is 0 Å². The lowest BCUT2D eigenvalue weighted by molar-refractivity contribution is -0.132. The van der Waals surface area contributed by atoms with Gasteiger partial charge in [-0.1, -0.05) is 44.2 Å². The van der Waals surface area contributed by atoms with Crippen molar-refractivity contribution in [2.45, 2.75) is 20.8 Å². The van der Waals surface area contributed by atoms with Crippen LogP contribution in [0.3, 0.4) is 0 Å². The molecule has 1 atom stereocenters. The summed E-state index contributed by atoms with van der Waals surface area (Å²) >= 11 is 0. The van der Waals surface area contributed by atoms with Crippen LogP contribution in [0.15, 0.2) is 35.9 Å². The van der Waals surface area contributed by atoms with E-state index in [9.17, 15) is 14.5 Å². The van der Waals surface area contributed by atoms with Crippen LogP contribution in [-0.4, -0.2) is 30.0 Å². The van der Waals surface area contributed by atoms with Gasteiger partial charge >= 0.3 is 5.97 Å². The van der Waals surface area contributed by atoms with E-state index in [1.54, 1.807) is 13.0 Å². The normalized spacial score (nSPS) is 15.0. The quantitative estimate of drug-likeness (QED) is 0.579. The number of hydrogen-bond donors (Lipinski definition) is 1. The molecule has 0 saturated heterocycles. The number of aliphatic carboxylic acids is 1. The second-order valence-corrected chi connectivity index (χ2v) is 7.92. The third kappa shape index (κ3) is 6.28. The van der Waals surface area contributed by atoms with E-state index in [2.05, 4.69) is 0 Å². The Morgan fingerprint density at radius 1 is 1.33 bits per heavy atom. The number of benzene rings is 1. The average Bonchev–Trinajstić information content (AvgIpc) is 2.38. The first-order valence-corrected chi connectivity index (χ1v) is 9.07. The Morgan fingerprint density at radius 3 is 2.43 bits per heavy atom. The molecule has 0 aromatic heterocycles. The van der Waals surface area contributed by atoms with Gasteiger partial charge in [0.2, 0.25) is 7.37 Å². The molecule has 1 aromatic rings. The molecule has 0 fully saturated rings. The van der Waals surface area contributed by atoms with Crippen LogP contribution in [0.4, 0.5) is 0 Å². The van der Waals surface area contributed by atoms with Crippen LogP contribution in [0.25, 0.3) is 6.08 Å². The molecular weight excluding hydrogens is 287 g/mol. The fourth-order valence-corrected chi connectivity index (χ4v) is 4.79. The summed E-state index contributed by atoms with van der Waals surface area (Å²) in [4.78, 5) is 11.4. The van der Waals surface area contributed by atoms with Gasteiger partial charge in [-0.25, -0.2) is 4.79 Å². The predicted molar refractivity (Wildman–Crippen MR) is 85.9 cm³/mol. The second-order valence-electron chi connectivity index (χ2n) is 5.35. The topological polar surface area (TPSA) is 63.6 Å². The van der Waals surface area contributed by atoms with Gasteiger partial charge in [0.05, 0.1) is 12.8 Å². The SMILES string of the molecule is CCOP(=O)(C/C(=C\c1ccccc1)C(=O)O)CC(C)C. The molecule has 0 aliphatic rings. The van der Waals surface area contributed by atoms with Gasteiger partial charge in [-0.3, -0.25) is 4.57 Å².